The zero-order chi connectivity index (χ0) is 15.0. The molecule has 2 fully saturated rings. The Morgan fingerprint density at radius 2 is 1.90 bits per heavy atom. The number of hydrogen-bond donors (Lipinski definition) is 1. The van der Waals surface area contributed by atoms with E-state index in [1.807, 2.05) is 0 Å². The highest BCUT2D eigenvalue weighted by molar-refractivity contribution is 5.81. The van der Waals surface area contributed by atoms with E-state index in [9.17, 15) is 4.79 Å². The molecular weight excluding hydrogens is 260 g/mol. The Labute approximate surface area is 127 Å². The second-order valence-electron chi connectivity index (χ2n) is 6.88. The smallest absolute Gasteiger partial charge is 0.238 e. The first kappa shape index (κ1) is 14.6. The van der Waals surface area contributed by atoms with Gasteiger partial charge in [-0.05, 0) is 35.8 Å². The topological polar surface area (TPSA) is 32.3 Å². The van der Waals surface area contributed by atoms with Crippen LogP contribution in [0, 0.1) is 5.92 Å². The lowest BCUT2D eigenvalue weighted by Gasteiger charge is -2.33. The van der Waals surface area contributed by atoms with Gasteiger partial charge in [-0.25, -0.2) is 0 Å². The molecule has 0 radical (unpaired) electrons. The summed E-state index contributed by atoms with van der Waals surface area (Å²) >= 11 is 0. The number of nitrogens with zero attached hydrogens (tertiary/aromatic N) is 1. The van der Waals surface area contributed by atoms with E-state index in [1.165, 1.54) is 24.0 Å². The molecule has 1 heterocycles. The highest BCUT2D eigenvalue weighted by Crippen LogP contribution is 2.36. The van der Waals surface area contributed by atoms with Gasteiger partial charge in [-0.2, -0.15) is 0 Å². The van der Waals surface area contributed by atoms with Crippen molar-refractivity contribution in [3.05, 3.63) is 35.4 Å². The molecule has 3 heteroatoms. The molecule has 0 bridgehead atoms. The third-order valence-electron chi connectivity index (χ3n) is 5.11. The fourth-order valence-electron chi connectivity index (χ4n) is 3.77. The fraction of sp³-hybridized carbons (Fsp3) is 0.611. The number of nitrogens with one attached hydrogen (secondary N) is 1. The average molecular weight is 286 g/mol. The van der Waals surface area contributed by atoms with E-state index in [0.29, 0.717) is 24.4 Å². The fourth-order valence-corrected chi connectivity index (χ4v) is 3.77. The molecule has 3 atom stereocenters. The van der Waals surface area contributed by atoms with Crippen LogP contribution in [0.3, 0.4) is 0 Å². The summed E-state index contributed by atoms with van der Waals surface area (Å²) < 4.78 is 0. The van der Waals surface area contributed by atoms with Crippen LogP contribution in [0.5, 0.6) is 0 Å². The first-order chi connectivity index (χ1) is 10.1. The standard InChI is InChI=1S/C18H26N2O/c1-12(2)14-7-9-15(10-8-14)18-19-11-17(21)20(18)16-6-4-5-13(16)3/h7-10,12-13,16,18-19H,4-6,11H2,1-3H3. The van der Waals surface area contributed by atoms with Crippen LogP contribution in [-0.4, -0.2) is 23.4 Å². The van der Waals surface area contributed by atoms with Crippen LogP contribution in [-0.2, 0) is 4.79 Å². The maximum Gasteiger partial charge on any atom is 0.238 e. The lowest BCUT2D eigenvalue weighted by molar-refractivity contribution is -0.131. The number of rotatable bonds is 3. The van der Waals surface area contributed by atoms with Crippen LogP contribution in [0.4, 0.5) is 0 Å². The van der Waals surface area contributed by atoms with Gasteiger partial charge in [0.1, 0.15) is 6.17 Å². The van der Waals surface area contributed by atoms with Gasteiger partial charge in [-0.3, -0.25) is 10.1 Å². The van der Waals surface area contributed by atoms with E-state index in [4.69, 9.17) is 0 Å². The molecule has 1 amide bonds. The Bertz CT molecular complexity index is 508. The Balaban J connectivity index is 1.84. The first-order valence-corrected chi connectivity index (χ1v) is 8.22. The zero-order valence-corrected chi connectivity index (χ0v) is 13.3. The molecule has 0 spiro atoms. The third kappa shape index (κ3) is 2.71. The highest BCUT2D eigenvalue weighted by atomic mass is 16.2. The van der Waals surface area contributed by atoms with Crippen LogP contribution in [0.1, 0.15) is 63.2 Å². The minimum atomic E-state index is 0.0595. The SMILES string of the molecule is CC(C)c1ccc(C2NCC(=O)N2C2CCCC2C)cc1. The molecule has 1 saturated carbocycles. The molecule has 3 unspecified atom stereocenters. The monoisotopic (exact) mass is 286 g/mol. The molecule has 21 heavy (non-hydrogen) atoms. The van der Waals surface area contributed by atoms with Gasteiger partial charge >= 0.3 is 0 Å². The van der Waals surface area contributed by atoms with Gasteiger partial charge in [0.25, 0.3) is 0 Å². The molecule has 3 rings (SSSR count). The lowest BCUT2D eigenvalue weighted by atomic mass is 9.99. The van der Waals surface area contributed by atoms with Crippen molar-refractivity contribution in [2.75, 3.05) is 6.54 Å². The van der Waals surface area contributed by atoms with Crippen molar-refractivity contribution in [1.29, 1.82) is 0 Å². The van der Waals surface area contributed by atoms with E-state index in [1.54, 1.807) is 0 Å². The summed E-state index contributed by atoms with van der Waals surface area (Å²) in [4.78, 5) is 14.4. The van der Waals surface area contributed by atoms with Gasteiger partial charge in [0.15, 0.2) is 0 Å². The van der Waals surface area contributed by atoms with Crippen LogP contribution in [0.25, 0.3) is 0 Å². The van der Waals surface area contributed by atoms with Crippen molar-refractivity contribution in [2.45, 2.75) is 58.2 Å². The Morgan fingerprint density at radius 1 is 1.19 bits per heavy atom. The molecule has 3 nitrogen and oxygen atoms in total. The molecule has 1 N–H and O–H groups in total. The molecule has 2 aliphatic rings. The molecule has 1 aliphatic heterocycles. The molecule has 114 valence electrons. The van der Waals surface area contributed by atoms with Crippen molar-refractivity contribution in [3.63, 3.8) is 0 Å². The molecule has 1 aromatic carbocycles. The van der Waals surface area contributed by atoms with Crippen molar-refractivity contribution in [1.82, 2.24) is 10.2 Å². The number of carbonyl (C=O) groups is 1. The second-order valence-corrected chi connectivity index (χ2v) is 6.88. The molecule has 1 saturated heterocycles. The Hall–Kier alpha value is -1.35. The number of hydrogen-bond acceptors (Lipinski definition) is 2. The van der Waals surface area contributed by atoms with Gasteiger partial charge in [0.2, 0.25) is 5.91 Å². The zero-order valence-electron chi connectivity index (χ0n) is 13.3. The van der Waals surface area contributed by atoms with Crippen LogP contribution in [0.15, 0.2) is 24.3 Å². The minimum absolute atomic E-state index is 0.0595. The maximum absolute atomic E-state index is 12.3. The summed E-state index contributed by atoms with van der Waals surface area (Å²) in [6.45, 7) is 7.17. The predicted molar refractivity (Wildman–Crippen MR) is 84.9 cm³/mol. The summed E-state index contributed by atoms with van der Waals surface area (Å²) in [6.07, 6.45) is 3.70. The summed E-state index contributed by atoms with van der Waals surface area (Å²) in [5.41, 5.74) is 2.56. The maximum atomic E-state index is 12.3. The molecule has 0 aromatic heterocycles. The second kappa shape index (κ2) is 5.80. The minimum Gasteiger partial charge on any atom is -0.319 e. The normalized spacial score (nSPS) is 29.6. The van der Waals surface area contributed by atoms with Crippen molar-refractivity contribution in [3.8, 4) is 0 Å². The molecule has 1 aromatic rings. The molecular formula is C18H26N2O. The van der Waals surface area contributed by atoms with E-state index in [2.05, 4.69) is 55.3 Å². The van der Waals surface area contributed by atoms with Gasteiger partial charge in [0, 0.05) is 6.04 Å². The summed E-state index contributed by atoms with van der Waals surface area (Å²) in [7, 11) is 0. The van der Waals surface area contributed by atoms with Crippen molar-refractivity contribution in [2.24, 2.45) is 5.92 Å². The number of amides is 1. The highest BCUT2D eigenvalue weighted by Gasteiger charge is 2.40. The van der Waals surface area contributed by atoms with Crippen LogP contribution >= 0.6 is 0 Å². The van der Waals surface area contributed by atoms with Crippen LogP contribution < -0.4 is 5.32 Å². The van der Waals surface area contributed by atoms with Crippen molar-refractivity contribution < 1.29 is 4.79 Å². The summed E-state index contributed by atoms with van der Waals surface area (Å²) in [6, 6.07) is 9.15. The largest absolute Gasteiger partial charge is 0.319 e. The predicted octanol–water partition coefficient (Wildman–Crippen LogP) is 3.43. The number of carbonyl (C=O) groups excluding carboxylic acids is 1. The van der Waals surface area contributed by atoms with E-state index in [0.717, 1.165) is 6.42 Å². The van der Waals surface area contributed by atoms with Gasteiger partial charge in [-0.1, -0.05) is 51.5 Å². The Morgan fingerprint density at radius 3 is 2.48 bits per heavy atom. The van der Waals surface area contributed by atoms with Gasteiger partial charge in [0.05, 0.1) is 6.54 Å². The van der Waals surface area contributed by atoms with Gasteiger partial charge in [-0.15, -0.1) is 0 Å². The average Bonchev–Trinajstić information content (AvgIpc) is 3.04. The van der Waals surface area contributed by atoms with E-state index >= 15 is 0 Å². The van der Waals surface area contributed by atoms with E-state index < -0.39 is 0 Å². The lowest BCUT2D eigenvalue weighted by Crippen LogP contribution is -2.41. The summed E-state index contributed by atoms with van der Waals surface area (Å²) in [5, 5.41) is 3.40. The summed E-state index contributed by atoms with van der Waals surface area (Å²) in [5.74, 6) is 1.42. The Kier molecular flexibility index (Phi) is 4.03. The van der Waals surface area contributed by atoms with Crippen LogP contribution in [0.2, 0.25) is 0 Å². The van der Waals surface area contributed by atoms with Gasteiger partial charge < -0.3 is 4.90 Å². The quantitative estimate of drug-likeness (QED) is 0.923. The molecule has 1 aliphatic carbocycles. The van der Waals surface area contributed by atoms with E-state index in [-0.39, 0.29) is 12.1 Å². The first-order valence-electron chi connectivity index (χ1n) is 8.22. The number of benzene rings is 1. The van der Waals surface area contributed by atoms with Crippen molar-refractivity contribution >= 4 is 5.91 Å². The third-order valence-corrected chi connectivity index (χ3v) is 5.11.